The van der Waals surface area contributed by atoms with Gasteiger partial charge in [0.25, 0.3) is 0 Å². The largest absolute Gasteiger partial charge is 0.481 e. The zero-order chi connectivity index (χ0) is 13.3. The van der Waals surface area contributed by atoms with Gasteiger partial charge in [-0.05, 0) is 54.2 Å². The van der Waals surface area contributed by atoms with E-state index in [-0.39, 0.29) is 17.9 Å². The topological polar surface area (TPSA) is 40.5 Å². The van der Waals surface area contributed by atoms with Crippen LogP contribution in [0.2, 0.25) is 0 Å². The van der Waals surface area contributed by atoms with E-state index in [0.717, 1.165) is 23.1 Å². The zero-order valence-corrected chi connectivity index (χ0v) is 12.3. The first-order valence-electron chi connectivity index (χ1n) is 6.14. The van der Waals surface area contributed by atoms with Gasteiger partial charge in [0.15, 0.2) is 0 Å². The Morgan fingerprint density at radius 1 is 1.50 bits per heavy atom. The minimum atomic E-state index is -0.704. The molecule has 3 nitrogen and oxygen atoms in total. The fraction of sp³-hybridized carbons (Fsp3) is 0.500. The van der Waals surface area contributed by atoms with E-state index in [4.69, 9.17) is 5.11 Å². The van der Waals surface area contributed by atoms with Gasteiger partial charge < -0.3 is 10.0 Å². The molecule has 1 aromatic carbocycles. The van der Waals surface area contributed by atoms with Gasteiger partial charge in [-0.25, -0.2) is 0 Å². The maximum absolute atomic E-state index is 10.8. The number of anilines is 1. The monoisotopic (exact) mass is 311 g/mol. The second-order valence-corrected chi connectivity index (χ2v) is 6.40. The molecule has 0 aliphatic carbocycles. The maximum atomic E-state index is 10.8. The predicted octanol–water partition coefficient (Wildman–Crippen LogP) is 3.53. The lowest BCUT2D eigenvalue weighted by Gasteiger charge is -2.34. The molecule has 0 radical (unpaired) electrons. The molecule has 1 heterocycles. The van der Waals surface area contributed by atoms with Gasteiger partial charge in [-0.15, -0.1) is 0 Å². The lowest BCUT2D eigenvalue weighted by Crippen LogP contribution is -2.38. The third-order valence-electron chi connectivity index (χ3n) is 3.57. The number of hydrogen-bond donors (Lipinski definition) is 1. The summed E-state index contributed by atoms with van der Waals surface area (Å²) in [5.74, 6) is -0.477. The fourth-order valence-corrected chi connectivity index (χ4v) is 3.36. The summed E-state index contributed by atoms with van der Waals surface area (Å²) >= 11 is 3.57. The first-order chi connectivity index (χ1) is 8.40. The second-order valence-electron chi connectivity index (χ2n) is 5.54. The highest BCUT2D eigenvalue weighted by atomic mass is 79.9. The Labute approximate surface area is 116 Å². The first kappa shape index (κ1) is 13.4. The van der Waals surface area contributed by atoms with Gasteiger partial charge in [-0.1, -0.05) is 12.1 Å². The maximum Gasteiger partial charge on any atom is 0.303 e. The van der Waals surface area contributed by atoms with Crippen molar-refractivity contribution >= 4 is 27.6 Å². The van der Waals surface area contributed by atoms with Crippen molar-refractivity contribution in [3.63, 3.8) is 0 Å². The van der Waals surface area contributed by atoms with E-state index >= 15 is 0 Å². The van der Waals surface area contributed by atoms with Crippen LogP contribution in [-0.2, 0) is 4.79 Å². The molecule has 1 saturated heterocycles. The van der Waals surface area contributed by atoms with Crippen molar-refractivity contribution in [2.24, 2.45) is 5.92 Å². The molecule has 1 unspecified atom stereocenters. The molecular formula is C14H18BrNO2. The molecule has 0 aromatic heterocycles. The van der Waals surface area contributed by atoms with E-state index in [0.29, 0.717) is 0 Å². The molecular weight excluding hydrogens is 294 g/mol. The number of rotatable bonds is 3. The molecule has 0 spiro atoms. The molecule has 1 aliphatic rings. The Morgan fingerprint density at radius 3 is 2.78 bits per heavy atom. The van der Waals surface area contributed by atoms with Crippen LogP contribution in [0.25, 0.3) is 0 Å². The molecule has 0 bridgehead atoms. The standard InChI is InChI=1S/C14H18BrNO2/c1-14(2)8-10(7-13(17)18)9-16(14)12-6-4-3-5-11(12)15/h3-6,10H,7-9H2,1-2H3,(H,17,18). The Balaban J connectivity index is 2.23. The Kier molecular flexibility index (Phi) is 3.66. The summed E-state index contributed by atoms with van der Waals surface area (Å²) < 4.78 is 1.06. The van der Waals surface area contributed by atoms with Crippen LogP contribution < -0.4 is 4.90 Å². The van der Waals surface area contributed by atoms with Gasteiger partial charge in [-0.3, -0.25) is 4.79 Å². The number of benzene rings is 1. The Hall–Kier alpha value is -1.03. The summed E-state index contributed by atoms with van der Waals surface area (Å²) in [6.07, 6.45) is 1.17. The van der Waals surface area contributed by atoms with Crippen LogP contribution in [0.5, 0.6) is 0 Å². The van der Waals surface area contributed by atoms with Crippen molar-refractivity contribution in [3.05, 3.63) is 28.7 Å². The minimum Gasteiger partial charge on any atom is -0.481 e. The highest BCUT2D eigenvalue weighted by molar-refractivity contribution is 9.10. The molecule has 2 rings (SSSR count). The van der Waals surface area contributed by atoms with E-state index in [9.17, 15) is 4.79 Å². The lowest BCUT2D eigenvalue weighted by molar-refractivity contribution is -0.137. The van der Waals surface area contributed by atoms with Crippen LogP contribution in [0.3, 0.4) is 0 Å². The number of halogens is 1. The molecule has 4 heteroatoms. The van der Waals surface area contributed by atoms with Crippen molar-refractivity contribution in [1.82, 2.24) is 0 Å². The number of carboxylic acids is 1. The number of aliphatic carboxylic acids is 1. The van der Waals surface area contributed by atoms with Crippen molar-refractivity contribution in [1.29, 1.82) is 0 Å². The normalized spacial score (nSPS) is 22.2. The van der Waals surface area contributed by atoms with Crippen molar-refractivity contribution in [2.75, 3.05) is 11.4 Å². The lowest BCUT2D eigenvalue weighted by atomic mass is 9.94. The summed E-state index contributed by atoms with van der Waals surface area (Å²) in [5.41, 5.74) is 1.15. The van der Waals surface area contributed by atoms with Crippen LogP contribution in [0.15, 0.2) is 28.7 Å². The van der Waals surface area contributed by atoms with E-state index in [1.54, 1.807) is 0 Å². The third kappa shape index (κ3) is 2.69. The molecule has 1 N–H and O–H groups in total. The molecule has 98 valence electrons. The summed E-state index contributed by atoms with van der Waals surface area (Å²) in [6, 6.07) is 8.11. The molecule has 1 aromatic rings. The number of carboxylic acid groups (broad SMARTS) is 1. The molecule has 1 atom stereocenters. The van der Waals surface area contributed by atoms with E-state index in [1.165, 1.54) is 0 Å². The SMILES string of the molecule is CC1(C)CC(CC(=O)O)CN1c1ccccc1Br. The van der Waals surface area contributed by atoms with Crippen LogP contribution in [0.4, 0.5) is 5.69 Å². The van der Waals surface area contributed by atoms with Crippen LogP contribution in [0, 0.1) is 5.92 Å². The molecule has 1 aliphatic heterocycles. The highest BCUT2D eigenvalue weighted by Gasteiger charge is 2.39. The molecule has 0 saturated carbocycles. The predicted molar refractivity (Wildman–Crippen MR) is 75.9 cm³/mol. The zero-order valence-electron chi connectivity index (χ0n) is 10.7. The quantitative estimate of drug-likeness (QED) is 0.928. The highest BCUT2D eigenvalue weighted by Crippen LogP contribution is 2.40. The van der Waals surface area contributed by atoms with Crippen molar-refractivity contribution in [3.8, 4) is 0 Å². The Morgan fingerprint density at radius 2 is 2.17 bits per heavy atom. The average Bonchev–Trinajstić information content (AvgIpc) is 2.53. The van der Waals surface area contributed by atoms with Crippen LogP contribution in [-0.4, -0.2) is 23.2 Å². The van der Waals surface area contributed by atoms with Gasteiger partial charge in [-0.2, -0.15) is 0 Å². The second kappa shape index (κ2) is 4.92. The third-order valence-corrected chi connectivity index (χ3v) is 4.24. The van der Waals surface area contributed by atoms with Crippen molar-refractivity contribution in [2.45, 2.75) is 32.2 Å². The van der Waals surface area contributed by atoms with E-state index in [2.05, 4.69) is 40.7 Å². The van der Waals surface area contributed by atoms with Crippen molar-refractivity contribution < 1.29 is 9.90 Å². The van der Waals surface area contributed by atoms with E-state index in [1.807, 2.05) is 18.2 Å². The number of carbonyl (C=O) groups is 1. The van der Waals surface area contributed by atoms with E-state index < -0.39 is 5.97 Å². The summed E-state index contributed by atoms with van der Waals surface area (Å²) in [7, 11) is 0. The van der Waals surface area contributed by atoms with Crippen LogP contribution >= 0.6 is 15.9 Å². The van der Waals surface area contributed by atoms with Gasteiger partial charge in [0, 0.05) is 23.0 Å². The fourth-order valence-electron chi connectivity index (χ4n) is 2.87. The molecule has 1 fully saturated rings. The number of nitrogens with zero attached hydrogens (tertiary/aromatic N) is 1. The Bertz CT molecular complexity index is 459. The summed E-state index contributed by atoms with van der Waals surface area (Å²) in [5, 5.41) is 8.93. The molecule has 18 heavy (non-hydrogen) atoms. The number of hydrogen-bond acceptors (Lipinski definition) is 2. The van der Waals surface area contributed by atoms with Crippen LogP contribution in [0.1, 0.15) is 26.7 Å². The van der Waals surface area contributed by atoms with Gasteiger partial charge >= 0.3 is 5.97 Å². The minimum absolute atomic E-state index is 0.00396. The average molecular weight is 312 g/mol. The van der Waals surface area contributed by atoms with Gasteiger partial charge in [0.1, 0.15) is 0 Å². The molecule has 0 amide bonds. The first-order valence-corrected chi connectivity index (χ1v) is 6.93. The summed E-state index contributed by atoms with van der Waals surface area (Å²) in [6.45, 7) is 5.16. The summed E-state index contributed by atoms with van der Waals surface area (Å²) in [4.78, 5) is 13.2. The van der Waals surface area contributed by atoms with Gasteiger partial charge in [0.05, 0.1) is 5.69 Å². The smallest absolute Gasteiger partial charge is 0.303 e. The number of para-hydroxylation sites is 1. The van der Waals surface area contributed by atoms with Gasteiger partial charge in [0.2, 0.25) is 0 Å².